The molecule has 0 saturated heterocycles. The number of hydrogen-bond acceptors (Lipinski definition) is 11. The number of fused-ring (bicyclic) bond motifs is 2. The summed E-state index contributed by atoms with van der Waals surface area (Å²) >= 11 is 0. The lowest BCUT2D eigenvalue weighted by Crippen LogP contribution is -2.11. The highest BCUT2D eigenvalue weighted by molar-refractivity contribution is 5.86. The molecule has 0 bridgehead atoms. The van der Waals surface area contributed by atoms with Crippen LogP contribution >= 0.6 is 0 Å². The Labute approximate surface area is 332 Å². The first kappa shape index (κ1) is 37.7. The zero-order chi connectivity index (χ0) is 39.0. The number of para-hydroxylation sites is 2. The van der Waals surface area contributed by atoms with Crippen molar-refractivity contribution in [3.8, 4) is 23.0 Å². The number of anilines is 2. The lowest BCUT2D eigenvalue weighted by molar-refractivity contribution is 0.200. The van der Waals surface area contributed by atoms with Crippen LogP contribution in [0.2, 0.25) is 0 Å². The van der Waals surface area contributed by atoms with Gasteiger partial charge in [0.15, 0.2) is 45.9 Å². The van der Waals surface area contributed by atoms with Crippen molar-refractivity contribution in [3.63, 3.8) is 0 Å². The summed E-state index contributed by atoms with van der Waals surface area (Å²) in [4.78, 5) is 13.4. The van der Waals surface area contributed by atoms with Crippen molar-refractivity contribution in [1.82, 2.24) is 15.0 Å². The van der Waals surface area contributed by atoms with Gasteiger partial charge in [-0.05, 0) is 123 Å². The maximum Gasteiger partial charge on any atom is 0.200 e. The molecule has 0 radical (unpaired) electrons. The molecule has 0 unspecified atom stereocenters. The number of nitrogens with one attached hydrogen (secondary N) is 1. The third-order valence-electron chi connectivity index (χ3n) is 10.5. The van der Waals surface area contributed by atoms with E-state index in [1.54, 1.807) is 20.4 Å². The third-order valence-corrected chi connectivity index (χ3v) is 10.5. The molecule has 2 saturated carbocycles. The summed E-state index contributed by atoms with van der Waals surface area (Å²) in [5, 5.41) is 3.44. The second-order valence-electron chi connectivity index (χ2n) is 14.7. The van der Waals surface area contributed by atoms with E-state index >= 15 is 0 Å². The van der Waals surface area contributed by atoms with Crippen molar-refractivity contribution in [2.75, 3.05) is 25.3 Å². The second kappa shape index (κ2) is 17.7. The van der Waals surface area contributed by atoms with Crippen LogP contribution in [0.5, 0.6) is 23.0 Å². The van der Waals surface area contributed by atoms with Gasteiger partial charge in [-0.15, -0.1) is 0 Å². The van der Waals surface area contributed by atoms with Gasteiger partial charge < -0.3 is 38.8 Å². The predicted octanol–water partition coefficient (Wildman–Crippen LogP) is 10.1. The highest BCUT2D eigenvalue weighted by Crippen LogP contribution is 2.35. The lowest BCUT2D eigenvalue weighted by atomic mass is 10.1. The predicted molar refractivity (Wildman–Crippen MR) is 221 cm³/mol. The Morgan fingerprint density at radius 1 is 0.632 bits per heavy atom. The van der Waals surface area contributed by atoms with Crippen LogP contribution in [0.1, 0.15) is 79.8 Å². The first-order valence-electron chi connectivity index (χ1n) is 19.8. The zero-order valence-electron chi connectivity index (χ0n) is 32.5. The van der Waals surface area contributed by atoms with Crippen LogP contribution < -0.4 is 30.0 Å². The van der Waals surface area contributed by atoms with Gasteiger partial charge >= 0.3 is 0 Å². The summed E-state index contributed by atoms with van der Waals surface area (Å²) in [6, 6.07) is 27.6. The fourth-order valence-corrected chi connectivity index (χ4v) is 7.57. The standard InChI is InChI=1S/C26H27N3O3.C20H22N2O3/c1-30-23-12-11-18(14-24(23)31-20-7-2-3-8-20)15-25-29-22-10-4-9-21(26(22)32-25)28-17-19-6-5-13-27-16-19;1-23-17-10-9-13(11-18(17)24-14-5-2-3-6-14)12-19-22-16-8-4-7-15(21)20(16)25-19/h4-6,9-14,16,20,28H,2-3,7-8,15,17H2,1H3;4,7-11,14H,2-3,5-6,12,21H2,1H3. The highest BCUT2D eigenvalue weighted by Gasteiger charge is 2.21. The summed E-state index contributed by atoms with van der Waals surface area (Å²) in [7, 11) is 3.34. The minimum Gasteiger partial charge on any atom is -0.493 e. The van der Waals surface area contributed by atoms with Gasteiger partial charge in [-0.2, -0.15) is 0 Å². The van der Waals surface area contributed by atoms with Crippen molar-refractivity contribution in [2.24, 2.45) is 0 Å². The lowest BCUT2D eigenvalue weighted by Gasteiger charge is -2.16. The molecule has 9 rings (SSSR count). The Kier molecular flexibility index (Phi) is 11.7. The second-order valence-corrected chi connectivity index (χ2v) is 14.7. The number of ether oxygens (including phenoxy) is 4. The highest BCUT2D eigenvalue weighted by atomic mass is 16.5. The van der Waals surface area contributed by atoms with Gasteiger partial charge in [-0.3, -0.25) is 4.98 Å². The van der Waals surface area contributed by atoms with E-state index < -0.39 is 0 Å². The molecule has 57 heavy (non-hydrogen) atoms. The zero-order valence-corrected chi connectivity index (χ0v) is 32.5. The van der Waals surface area contributed by atoms with Crippen molar-refractivity contribution in [1.29, 1.82) is 0 Å². The summed E-state index contributed by atoms with van der Waals surface area (Å²) in [5.74, 6) is 4.43. The molecule has 0 aliphatic heterocycles. The van der Waals surface area contributed by atoms with Crippen LogP contribution in [0.25, 0.3) is 22.2 Å². The van der Waals surface area contributed by atoms with E-state index in [0.29, 0.717) is 42.4 Å². The van der Waals surface area contributed by atoms with Gasteiger partial charge in [0, 0.05) is 31.8 Å². The smallest absolute Gasteiger partial charge is 0.200 e. The van der Waals surface area contributed by atoms with Crippen LogP contribution in [-0.2, 0) is 19.4 Å². The molecule has 0 atom stereocenters. The Balaban J connectivity index is 0.000000165. The monoisotopic (exact) mass is 767 g/mol. The molecule has 11 nitrogen and oxygen atoms in total. The number of nitrogen functional groups attached to an aromatic ring is 1. The van der Waals surface area contributed by atoms with Crippen molar-refractivity contribution < 1.29 is 27.8 Å². The largest absolute Gasteiger partial charge is 0.493 e. The van der Waals surface area contributed by atoms with Crippen molar-refractivity contribution in [3.05, 3.63) is 126 Å². The number of nitrogens with zero attached hydrogens (tertiary/aromatic N) is 3. The van der Waals surface area contributed by atoms with Crippen LogP contribution in [0.4, 0.5) is 11.4 Å². The molecule has 3 N–H and O–H groups in total. The van der Waals surface area contributed by atoms with E-state index in [1.165, 1.54) is 25.7 Å². The van der Waals surface area contributed by atoms with E-state index in [0.717, 1.165) is 87.7 Å². The number of hydrogen-bond donors (Lipinski definition) is 2. The topological polar surface area (TPSA) is 140 Å². The summed E-state index contributed by atoms with van der Waals surface area (Å²) in [6.07, 6.45) is 14.7. The van der Waals surface area contributed by atoms with Crippen molar-refractivity contribution in [2.45, 2.75) is 83.0 Å². The molecule has 2 fully saturated rings. The van der Waals surface area contributed by atoms with Gasteiger partial charge in [0.05, 0.1) is 37.8 Å². The molecule has 0 spiro atoms. The van der Waals surface area contributed by atoms with Crippen LogP contribution in [-0.4, -0.2) is 41.4 Å². The molecule has 3 heterocycles. The molecule has 3 aromatic heterocycles. The molecular weight excluding hydrogens is 719 g/mol. The number of rotatable bonds is 13. The maximum absolute atomic E-state index is 6.24. The number of oxazole rings is 2. The molecule has 4 aromatic carbocycles. The van der Waals surface area contributed by atoms with Gasteiger partial charge in [-0.1, -0.05) is 30.3 Å². The Hall–Kier alpha value is -6.23. The summed E-state index contributed by atoms with van der Waals surface area (Å²) < 4.78 is 35.3. The van der Waals surface area contributed by atoms with E-state index in [9.17, 15) is 0 Å². The molecule has 0 amide bonds. The minimum absolute atomic E-state index is 0.275. The van der Waals surface area contributed by atoms with E-state index in [1.807, 2.05) is 91.1 Å². The Morgan fingerprint density at radius 2 is 1.19 bits per heavy atom. The average molecular weight is 768 g/mol. The maximum atomic E-state index is 6.24. The van der Waals surface area contributed by atoms with E-state index in [-0.39, 0.29) is 12.2 Å². The van der Waals surface area contributed by atoms with Gasteiger partial charge in [0.2, 0.25) is 0 Å². The molecular formula is C46H49N5O6. The van der Waals surface area contributed by atoms with Crippen LogP contribution in [0.15, 0.2) is 106 Å². The first-order chi connectivity index (χ1) is 28.0. The average Bonchev–Trinajstić information content (AvgIpc) is 4.07. The van der Waals surface area contributed by atoms with Gasteiger partial charge in [0.1, 0.15) is 11.0 Å². The molecule has 294 valence electrons. The fraction of sp³-hybridized carbons (Fsp3) is 0.326. The number of methoxy groups -OCH3 is 2. The molecule has 7 aromatic rings. The van der Waals surface area contributed by atoms with E-state index in [2.05, 4.69) is 15.3 Å². The Bertz CT molecular complexity index is 2400. The SMILES string of the molecule is COc1ccc(Cc2nc3cccc(N)c3o2)cc1OC1CCCC1.COc1ccc(Cc2nc3cccc(NCc4cccnc4)c3o2)cc1OC1CCCC1. The summed E-state index contributed by atoms with van der Waals surface area (Å²) in [6.45, 7) is 0.670. The van der Waals surface area contributed by atoms with E-state index in [4.69, 9.17) is 38.5 Å². The number of nitrogens with two attached hydrogens (primary N) is 1. The fourth-order valence-electron chi connectivity index (χ4n) is 7.57. The number of aromatic nitrogens is 3. The number of pyridine rings is 1. The van der Waals surface area contributed by atoms with Crippen LogP contribution in [0.3, 0.4) is 0 Å². The normalized spacial score (nSPS) is 14.4. The first-order valence-corrected chi connectivity index (χ1v) is 19.8. The number of benzene rings is 4. The molecule has 2 aliphatic rings. The van der Waals surface area contributed by atoms with Gasteiger partial charge in [-0.25, -0.2) is 9.97 Å². The quantitative estimate of drug-likeness (QED) is 0.108. The third kappa shape index (κ3) is 9.26. The molecule has 11 heteroatoms. The summed E-state index contributed by atoms with van der Waals surface area (Å²) in [5.41, 5.74) is 13.8. The Morgan fingerprint density at radius 3 is 1.74 bits per heavy atom. The van der Waals surface area contributed by atoms with Crippen molar-refractivity contribution >= 4 is 33.6 Å². The van der Waals surface area contributed by atoms with Crippen LogP contribution in [0, 0.1) is 0 Å². The minimum atomic E-state index is 0.275. The van der Waals surface area contributed by atoms with Gasteiger partial charge in [0.25, 0.3) is 0 Å². The molecule has 2 aliphatic carbocycles.